The Morgan fingerprint density at radius 3 is 3.06 bits per heavy atom. The second-order valence-corrected chi connectivity index (χ2v) is 5.14. The van der Waals surface area contributed by atoms with Gasteiger partial charge in [0.1, 0.15) is 11.3 Å². The molecule has 1 N–H and O–H groups in total. The fraction of sp³-hybridized carbons (Fsp3) is 0.357. The van der Waals surface area contributed by atoms with Crippen molar-refractivity contribution in [3.05, 3.63) is 36.1 Å². The summed E-state index contributed by atoms with van der Waals surface area (Å²) in [6.07, 6.45) is 0.944. The third kappa shape index (κ3) is 1.46. The number of para-hydroxylation sites is 1. The van der Waals surface area contributed by atoms with Crippen molar-refractivity contribution >= 4 is 16.9 Å². The molecule has 0 aliphatic carbocycles. The van der Waals surface area contributed by atoms with Gasteiger partial charge in [-0.3, -0.25) is 9.69 Å². The molecule has 0 unspecified atom stereocenters. The van der Waals surface area contributed by atoms with E-state index in [1.165, 1.54) is 0 Å². The number of carbonyl (C=O) groups excluding carboxylic acids is 1. The van der Waals surface area contributed by atoms with Crippen LogP contribution in [0.25, 0.3) is 11.0 Å². The molecular formula is C14H14N2O2. The van der Waals surface area contributed by atoms with Crippen LogP contribution in [0.2, 0.25) is 0 Å². The first-order valence-electron chi connectivity index (χ1n) is 6.31. The molecular weight excluding hydrogens is 228 g/mol. The minimum atomic E-state index is 0.0446. The summed E-state index contributed by atoms with van der Waals surface area (Å²) in [6, 6.07) is 10.5. The lowest BCUT2D eigenvalue weighted by molar-refractivity contribution is -0.125. The second-order valence-electron chi connectivity index (χ2n) is 5.14. The van der Waals surface area contributed by atoms with Crippen LogP contribution in [0.1, 0.15) is 12.2 Å². The first kappa shape index (κ1) is 10.1. The van der Waals surface area contributed by atoms with Gasteiger partial charge in [-0.1, -0.05) is 18.2 Å². The van der Waals surface area contributed by atoms with Crippen molar-refractivity contribution in [3.63, 3.8) is 0 Å². The van der Waals surface area contributed by atoms with Crippen molar-refractivity contribution in [1.82, 2.24) is 10.2 Å². The Morgan fingerprint density at radius 2 is 2.28 bits per heavy atom. The van der Waals surface area contributed by atoms with Gasteiger partial charge in [-0.25, -0.2) is 0 Å². The SMILES string of the molecule is O=C1N[C@H]2C[C@@H]1N(Cc1cc3ccccc3o1)C2. The van der Waals surface area contributed by atoms with Gasteiger partial charge in [-0.2, -0.15) is 0 Å². The zero-order valence-electron chi connectivity index (χ0n) is 9.93. The Bertz CT molecular complexity index is 586. The monoisotopic (exact) mass is 242 g/mol. The number of rotatable bonds is 2. The minimum Gasteiger partial charge on any atom is -0.460 e. The number of piperazine rings is 1. The molecule has 3 heterocycles. The molecule has 2 saturated heterocycles. The highest BCUT2D eigenvalue weighted by Crippen LogP contribution is 2.27. The number of hydrogen-bond acceptors (Lipinski definition) is 3. The quantitative estimate of drug-likeness (QED) is 0.868. The number of nitrogens with zero attached hydrogens (tertiary/aromatic N) is 1. The molecule has 1 aromatic heterocycles. The summed E-state index contributed by atoms with van der Waals surface area (Å²) in [5.74, 6) is 1.11. The predicted octanol–water partition coefficient (Wildman–Crippen LogP) is 1.51. The average Bonchev–Trinajstić information content (AvgIpc) is 3.00. The van der Waals surface area contributed by atoms with E-state index in [-0.39, 0.29) is 11.9 Å². The van der Waals surface area contributed by atoms with E-state index in [0.29, 0.717) is 6.04 Å². The Kier molecular flexibility index (Phi) is 2.02. The molecule has 0 radical (unpaired) electrons. The molecule has 2 aliphatic heterocycles. The van der Waals surface area contributed by atoms with E-state index in [9.17, 15) is 4.79 Å². The van der Waals surface area contributed by atoms with Gasteiger partial charge in [0.25, 0.3) is 0 Å². The summed E-state index contributed by atoms with van der Waals surface area (Å²) >= 11 is 0. The van der Waals surface area contributed by atoms with E-state index >= 15 is 0 Å². The number of fused-ring (bicyclic) bond motifs is 3. The largest absolute Gasteiger partial charge is 0.460 e. The van der Waals surface area contributed by atoms with Gasteiger partial charge in [-0.15, -0.1) is 0 Å². The number of amides is 1. The van der Waals surface area contributed by atoms with E-state index in [1.54, 1.807) is 0 Å². The maximum atomic E-state index is 11.6. The summed E-state index contributed by atoms with van der Waals surface area (Å²) in [5.41, 5.74) is 0.918. The first-order valence-corrected chi connectivity index (χ1v) is 6.31. The number of nitrogens with one attached hydrogen (secondary N) is 1. The summed E-state index contributed by atoms with van der Waals surface area (Å²) in [6.45, 7) is 1.66. The standard InChI is InChI=1S/C14H14N2O2/c17-14-12-6-10(15-14)7-16(12)8-11-5-9-3-1-2-4-13(9)18-11/h1-5,10,12H,6-8H2,(H,15,17)/t10-,12-/m0/s1. The van der Waals surface area contributed by atoms with Crippen molar-refractivity contribution in [2.45, 2.75) is 25.0 Å². The van der Waals surface area contributed by atoms with Crippen LogP contribution in [0.4, 0.5) is 0 Å². The third-order valence-corrected chi connectivity index (χ3v) is 3.89. The molecule has 2 aromatic rings. The van der Waals surface area contributed by atoms with Crippen molar-refractivity contribution in [2.24, 2.45) is 0 Å². The van der Waals surface area contributed by atoms with E-state index in [2.05, 4.69) is 16.3 Å². The normalized spacial score (nSPS) is 27.0. The van der Waals surface area contributed by atoms with Crippen LogP contribution in [0.15, 0.2) is 34.7 Å². The van der Waals surface area contributed by atoms with E-state index < -0.39 is 0 Å². The summed E-state index contributed by atoms with van der Waals surface area (Å²) in [4.78, 5) is 13.8. The van der Waals surface area contributed by atoms with Crippen LogP contribution >= 0.6 is 0 Å². The van der Waals surface area contributed by atoms with Crippen LogP contribution in [0.5, 0.6) is 0 Å². The van der Waals surface area contributed by atoms with Crippen LogP contribution in [0, 0.1) is 0 Å². The highest BCUT2D eigenvalue weighted by molar-refractivity contribution is 5.85. The van der Waals surface area contributed by atoms with Crippen molar-refractivity contribution in [1.29, 1.82) is 0 Å². The molecule has 0 spiro atoms. The zero-order valence-corrected chi connectivity index (χ0v) is 9.93. The van der Waals surface area contributed by atoms with Gasteiger partial charge in [0.05, 0.1) is 12.6 Å². The summed E-state index contributed by atoms with van der Waals surface area (Å²) < 4.78 is 5.80. The van der Waals surface area contributed by atoms with Crippen LogP contribution in [-0.2, 0) is 11.3 Å². The average molecular weight is 242 g/mol. The topological polar surface area (TPSA) is 45.5 Å². The number of hydrogen-bond donors (Lipinski definition) is 1. The summed E-state index contributed by atoms with van der Waals surface area (Å²) in [7, 11) is 0. The lowest BCUT2D eigenvalue weighted by atomic mass is 10.2. The fourth-order valence-corrected chi connectivity index (χ4v) is 3.07. The Hall–Kier alpha value is -1.81. The molecule has 0 saturated carbocycles. The van der Waals surface area contributed by atoms with Gasteiger partial charge >= 0.3 is 0 Å². The van der Waals surface area contributed by atoms with Gasteiger partial charge < -0.3 is 9.73 Å². The number of likely N-dealkylation sites (tertiary alicyclic amines) is 1. The number of carbonyl (C=O) groups is 1. The Morgan fingerprint density at radius 1 is 1.39 bits per heavy atom. The molecule has 2 fully saturated rings. The molecule has 2 aliphatic rings. The Labute approximate surface area is 105 Å². The predicted molar refractivity (Wildman–Crippen MR) is 67.0 cm³/mol. The lowest BCUT2D eigenvalue weighted by Gasteiger charge is -2.25. The molecule has 1 amide bonds. The van der Waals surface area contributed by atoms with E-state index in [1.807, 2.05) is 24.3 Å². The van der Waals surface area contributed by atoms with Crippen LogP contribution in [0.3, 0.4) is 0 Å². The van der Waals surface area contributed by atoms with E-state index in [4.69, 9.17) is 4.42 Å². The first-order chi connectivity index (χ1) is 8.79. The third-order valence-electron chi connectivity index (χ3n) is 3.89. The molecule has 1 aromatic carbocycles. The molecule has 2 bridgehead atoms. The maximum absolute atomic E-state index is 11.6. The fourth-order valence-electron chi connectivity index (χ4n) is 3.07. The van der Waals surface area contributed by atoms with Gasteiger partial charge in [-0.05, 0) is 18.6 Å². The summed E-state index contributed by atoms with van der Waals surface area (Å²) in [5, 5.41) is 4.11. The van der Waals surface area contributed by atoms with Crippen LogP contribution < -0.4 is 5.32 Å². The van der Waals surface area contributed by atoms with Crippen molar-refractivity contribution in [3.8, 4) is 0 Å². The highest BCUT2D eigenvalue weighted by Gasteiger charge is 2.43. The Balaban J connectivity index is 1.60. The lowest BCUT2D eigenvalue weighted by Crippen LogP contribution is -2.47. The highest BCUT2D eigenvalue weighted by atomic mass is 16.3. The second kappa shape index (κ2) is 3.59. The van der Waals surface area contributed by atoms with E-state index in [0.717, 1.165) is 36.2 Å². The van der Waals surface area contributed by atoms with Gasteiger partial charge in [0, 0.05) is 18.0 Å². The van der Waals surface area contributed by atoms with Gasteiger partial charge in [0.15, 0.2) is 0 Å². The smallest absolute Gasteiger partial charge is 0.237 e. The molecule has 4 nitrogen and oxygen atoms in total. The van der Waals surface area contributed by atoms with Crippen molar-refractivity contribution < 1.29 is 9.21 Å². The van der Waals surface area contributed by atoms with Crippen LogP contribution in [-0.4, -0.2) is 29.4 Å². The molecule has 4 rings (SSSR count). The maximum Gasteiger partial charge on any atom is 0.237 e. The van der Waals surface area contributed by atoms with Crippen molar-refractivity contribution in [2.75, 3.05) is 6.54 Å². The van der Waals surface area contributed by atoms with Gasteiger partial charge in [0.2, 0.25) is 5.91 Å². The molecule has 4 heteroatoms. The number of furan rings is 1. The molecule has 92 valence electrons. The molecule has 2 atom stereocenters. The number of benzene rings is 1. The zero-order chi connectivity index (χ0) is 12.1. The minimum absolute atomic E-state index is 0.0446. The molecule has 18 heavy (non-hydrogen) atoms.